The first-order valence-electron chi connectivity index (χ1n) is 5.78. The molecule has 0 amide bonds. The van der Waals surface area contributed by atoms with Crippen molar-refractivity contribution in [1.29, 1.82) is 0 Å². The molecule has 7 nitrogen and oxygen atoms in total. The van der Waals surface area contributed by atoms with Gasteiger partial charge in [-0.25, -0.2) is 8.42 Å². The number of nitrogens with zero attached hydrogens (tertiary/aromatic N) is 2. The third-order valence-electron chi connectivity index (χ3n) is 3.02. The van der Waals surface area contributed by atoms with Crippen LogP contribution in [0.5, 0.6) is 0 Å². The molecule has 1 aromatic carbocycles. The zero-order valence-corrected chi connectivity index (χ0v) is 10.9. The van der Waals surface area contributed by atoms with E-state index in [4.69, 9.17) is 0 Å². The summed E-state index contributed by atoms with van der Waals surface area (Å²) in [6.07, 6.45) is -0.161. The van der Waals surface area contributed by atoms with Gasteiger partial charge in [0.15, 0.2) is 0 Å². The van der Waals surface area contributed by atoms with E-state index in [9.17, 15) is 23.6 Å². The van der Waals surface area contributed by atoms with Crippen molar-refractivity contribution < 1.29 is 18.4 Å². The third-order valence-corrected chi connectivity index (χ3v) is 4.83. The lowest BCUT2D eigenvalue weighted by Crippen LogP contribution is -2.30. The summed E-state index contributed by atoms with van der Waals surface area (Å²) in [5.74, 6) is -0.211. The number of hydrogen-bond acceptors (Lipinski definition) is 5. The average molecular weight is 286 g/mol. The second kappa shape index (κ2) is 5.24. The summed E-state index contributed by atoms with van der Waals surface area (Å²) in [5.41, 5.74) is 0.421. The predicted octanol–water partition coefficient (Wildman–Crippen LogP) is 0.491. The third kappa shape index (κ3) is 3.28. The van der Waals surface area contributed by atoms with Crippen molar-refractivity contribution in [1.82, 2.24) is 4.31 Å². The summed E-state index contributed by atoms with van der Waals surface area (Å²) in [5, 5.41) is 19.8. The molecule has 1 unspecified atom stereocenters. The lowest BCUT2D eigenvalue weighted by atomic mass is 10.2. The number of β-amino-alcohol motifs (C(OH)–C–C–N with tert-alkyl or cyclic N) is 1. The van der Waals surface area contributed by atoms with E-state index in [1.54, 1.807) is 0 Å². The van der Waals surface area contributed by atoms with Crippen LogP contribution in [0.4, 0.5) is 5.69 Å². The highest BCUT2D eigenvalue weighted by Gasteiger charge is 2.30. The number of hydrogen-bond donors (Lipinski definition) is 1. The van der Waals surface area contributed by atoms with E-state index in [-0.39, 0.29) is 18.0 Å². The molecule has 2 rings (SSSR count). The number of rotatable bonds is 4. The van der Waals surface area contributed by atoms with Gasteiger partial charge in [0, 0.05) is 25.2 Å². The van der Waals surface area contributed by atoms with Gasteiger partial charge in [0.1, 0.15) is 0 Å². The Kier molecular flexibility index (Phi) is 3.83. The highest BCUT2D eigenvalue weighted by atomic mass is 32.2. The minimum Gasteiger partial charge on any atom is -0.392 e. The second-order valence-corrected chi connectivity index (χ2v) is 6.45. The van der Waals surface area contributed by atoms with E-state index in [0.717, 1.165) is 0 Å². The number of benzene rings is 1. The molecular formula is C11H14N2O5S. The van der Waals surface area contributed by atoms with Crippen LogP contribution in [0, 0.1) is 10.1 Å². The molecule has 1 aromatic rings. The summed E-state index contributed by atoms with van der Waals surface area (Å²) < 4.78 is 25.3. The second-order valence-electron chi connectivity index (χ2n) is 4.48. The van der Waals surface area contributed by atoms with Crippen LogP contribution >= 0.6 is 0 Å². The topological polar surface area (TPSA) is 101 Å². The summed E-state index contributed by atoms with van der Waals surface area (Å²) in [6, 6.07) is 5.43. The molecule has 1 heterocycles. The Balaban J connectivity index is 2.10. The Morgan fingerprint density at radius 2 is 2.00 bits per heavy atom. The van der Waals surface area contributed by atoms with E-state index < -0.39 is 21.1 Å². The Labute approximate surface area is 110 Å². The molecular weight excluding hydrogens is 272 g/mol. The molecule has 0 radical (unpaired) electrons. The van der Waals surface area contributed by atoms with E-state index in [1.807, 2.05) is 0 Å². The van der Waals surface area contributed by atoms with Gasteiger partial charge >= 0.3 is 0 Å². The fourth-order valence-electron chi connectivity index (χ4n) is 1.98. The smallest absolute Gasteiger partial charge is 0.269 e. The highest BCUT2D eigenvalue weighted by molar-refractivity contribution is 7.88. The van der Waals surface area contributed by atoms with Crippen LogP contribution in [-0.4, -0.2) is 41.9 Å². The van der Waals surface area contributed by atoms with Gasteiger partial charge < -0.3 is 5.11 Å². The maximum atomic E-state index is 12.0. The zero-order chi connectivity index (χ0) is 14.0. The van der Waals surface area contributed by atoms with E-state index in [2.05, 4.69) is 0 Å². The standard InChI is InChI=1S/C11H14N2O5S/c14-11-5-6-12(7-11)19(17,18)8-9-1-3-10(4-2-9)13(15)16/h1-4,11,14H,5-8H2. The molecule has 1 atom stereocenters. The van der Waals surface area contributed by atoms with Crippen LogP contribution in [0.1, 0.15) is 12.0 Å². The van der Waals surface area contributed by atoms with Gasteiger partial charge in [0.05, 0.1) is 16.8 Å². The number of nitro groups is 1. The molecule has 0 bridgehead atoms. The summed E-state index contributed by atoms with van der Waals surface area (Å²) in [7, 11) is -3.48. The molecule has 0 spiro atoms. The van der Waals surface area contributed by atoms with Crippen molar-refractivity contribution >= 4 is 15.7 Å². The fraction of sp³-hybridized carbons (Fsp3) is 0.455. The first kappa shape index (κ1) is 13.9. The number of sulfonamides is 1. The van der Waals surface area contributed by atoms with Gasteiger partial charge in [-0.3, -0.25) is 10.1 Å². The van der Waals surface area contributed by atoms with E-state index in [0.29, 0.717) is 18.5 Å². The molecule has 104 valence electrons. The molecule has 8 heteroatoms. The summed E-state index contributed by atoms with van der Waals surface area (Å²) >= 11 is 0. The number of aliphatic hydroxyl groups is 1. The Hall–Kier alpha value is -1.51. The van der Waals surface area contributed by atoms with Crippen molar-refractivity contribution in [2.45, 2.75) is 18.3 Å². The van der Waals surface area contributed by atoms with Crippen molar-refractivity contribution in [2.75, 3.05) is 13.1 Å². The first-order valence-corrected chi connectivity index (χ1v) is 7.38. The normalized spacial score (nSPS) is 20.6. The monoisotopic (exact) mass is 286 g/mol. The van der Waals surface area contributed by atoms with Crippen LogP contribution in [0.25, 0.3) is 0 Å². The first-order chi connectivity index (χ1) is 8.88. The molecule has 19 heavy (non-hydrogen) atoms. The van der Waals surface area contributed by atoms with Gasteiger partial charge in [-0.1, -0.05) is 12.1 Å². The SMILES string of the molecule is O=[N+]([O-])c1ccc(CS(=O)(=O)N2CCC(O)C2)cc1. The quantitative estimate of drug-likeness (QED) is 0.641. The molecule has 1 fully saturated rings. The lowest BCUT2D eigenvalue weighted by Gasteiger charge is -2.15. The minimum absolute atomic E-state index is 0.0715. The van der Waals surface area contributed by atoms with Gasteiger partial charge in [-0.15, -0.1) is 0 Å². The fourth-order valence-corrected chi connectivity index (χ4v) is 3.56. The minimum atomic E-state index is -3.48. The van der Waals surface area contributed by atoms with Crippen molar-refractivity contribution in [3.8, 4) is 0 Å². The van der Waals surface area contributed by atoms with Crippen LogP contribution in [0.2, 0.25) is 0 Å². The molecule has 0 aromatic heterocycles. The van der Waals surface area contributed by atoms with Crippen LogP contribution in [0.3, 0.4) is 0 Å². The maximum Gasteiger partial charge on any atom is 0.269 e. The Morgan fingerprint density at radius 3 is 2.47 bits per heavy atom. The van der Waals surface area contributed by atoms with Gasteiger partial charge in [-0.2, -0.15) is 4.31 Å². The molecule has 1 aliphatic rings. The van der Waals surface area contributed by atoms with E-state index >= 15 is 0 Å². The van der Waals surface area contributed by atoms with Gasteiger partial charge in [0.25, 0.3) is 5.69 Å². The van der Waals surface area contributed by atoms with Gasteiger partial charge in [0.2, 0.25) is 10.0 Å². The molecule has 1 N–H and O–H groups in total. The van der Waals surface area contributed by atoms with Crippen LogP contribution < -0.4 is 0 Å². The average Bonchev–Trinajstić information content (AvgIpc) is 2.77. The van der Waals surface area contributed by atoms with Crippen molar-refractivity contribution in [3.05, 3.63) is 39.9 Å². The Morgan fingerprint density at radius 1 is 1.37 bits per heavy atom. The number of non-ortho nitro benzene ring substituents is 1. The summed E-state index contributed by atoms with van der Waals surface area (Å²) in [4.78, 5) is 9.96. The predicted molar refractivity (Wildman–Crippen MR) is 67.9 cm³/mol. The van der Waals surface area contributed by atoms with Crippen molar-refractivity contribution in [2.24, 2.45) is 0 Å². The largest absolute Gasteiger partial charge is 0.392 e. The molecule has 1 saturated heterocycles. The number of aliphatic hydroxyl groups excluding tert-OH is 1. The highest BCUT2D eigenvalue weighted by Crippen LogP contribution is 2.19. The van der Waals surface area contributed by atoms with Gasteiger partial charge in [-0.05, 0) is 12.0 Å². The molecule has 0 saturated carbocycles. The summed E-state index contributed by atoms with van der Waals surface area (Å²) in [6.45, 7) is 0.436. The Bertz CT molecular complexity index is 569. The zero-order valence-electron chi connectivity index (χ0n) is 10.1. The van der Waals surface area contributed by atoms with Crippen molar-refractivity contribution in [3.63, 3.8) is 0 Å². The molecule has 1 aliphatic heterocycles. The maximum absolute atomic E-state index is 12.0. The molecule has 0 aliphatic carbocycles. The number of nitro benzene ring substituents is 1. The van der Waals surface area contributed by atoms with E-state index in [1.165, 1.54) is 28.6 Å². The van der Waals surface area contributed by atoms with Crippen LogP contribution in [-0.2, 0) is 15.8 Å². The lowest BCUT2D eigenvalue weighted by molar-refractivity contribution is -0.384. The van der Waals surface area contributed by atoms with Crippen LogP contribution in [0.15, 0.2) is 24.3 Å².